The fraction of sp³-hybridized carbons (Fsp3) is 0.714. The maximum atomic E-state index is 13.4. The third-order valence-electron chi connectivity index (χ3n) is 2.10. The van der Waals surface area contributed by atoms with E-state index in [4.69, 9.17) is 4.74 Å². The van der Waals surface area contributed by atoms with E-state index >= 15 is 0 Å². The van der Waals surface area contributed by atoms with Gasteiger partial charge in [0.2, 0.25) is 0 Å². The predicted molar refractivity (Wildman–Crippen MR) is 35.4 cm³/mol. The van der Waals surface area contributed by atoms with Crippen LogP contribution in [0.4, 0.5) is 4.39 Å². The Morgan fingerprint density at radius 2 is 2.40 bits per heavy atom. The number of halogens is 1. The zero-order chi connectivity index (χ0) is 7.03. The molecule has 2 aliphatic heterocycles. The number of hydrogen-bond acceptors (Lipinski definition) is 2. The number of nitrogens with one attached hydrogen (secondary N) is 1. The molecule has 2 nitrogen and oxygen atoms in total. The Morgan fingerprint density at radius 3 is 2.80 bits per heavy atom. The van der Waals surface area contributed by atoms with Gasteiger partial charge in [0.1, 0.15) is 0 Å². The van der Waals surface area contributed by atoms with Gasteiger partial charge in [-0.15, -0.1) is 0 Å². The molecule has 10 heavy (non-hydrogen) atoms. The lowest BCUT2D eigenvalue weighted by molar-refractivity contribution is 0.130. The molecule has 0 radical (unpaired) electrons. The molecule has 2 heterocycles. The van der Waals surface area contributed by atoms with Crippen LogP contribution < -0.4 is 5.32 Å². The Balaban J connectivity index is 2.09. The molecule has 0 aliphatic carbocycles. The van der Waals surface area contributed by atoms with Crippen molar-refractivity contribution in [2.75, 3.05) is 19.7 Å². The van der Waals surface area contributed by atoms with E-state index in [1.165, 1.54) is 0 Å². The standard InChI is InChI=1S/C7H10FNO/c8-7(4-9-5-7)6-1-2-10-3-6/h3,9H,1-2,4-5H2. The van der Waals surface area contributed by atoms with Crippen LogP contribution in [0.1, 0.15) is 6.42 Å². The van der Waals surface area contributed by atoms with Crippen molar-refractivity contribution in [3.05, 3.63) is 11.8 Å². The van der Waals surface area contributed by atoms with Gasteiger partial charge in [-0.25, -0.2) is 4.39 Å². The SMILES string of the molecule is FC1(C2=COCC2)CNC1. The van der Waals surface area contributed by atoms with Crippen molar-refractivity contribution < 1.29 is 9.13 Å². The Morgan fingerprint density at radius 1 is 1.60 bits per heavy atom. The van der Waals surface area contributed by atoms with E-state index in [0.717, 1.165) is 12.0 Å². The highest BCUT2D eigenvalue weighted by Crippen LogP contribution is 2.31. The Bertz CT molecular complexity index is 174. The van der Waals surface area contributed by atoms with Gasteiger partial charge in [-0.2, -0.15) is 0 Å². The molecule has 0 saturated carbocycles. The average molecular weight is 143 g/mol. The molecule has 0 spiro atoms. The molecule has 0 aromatic rings. The normalized spacial score (nSPS) is 28.7. The van der Waals surface area contributed by atoms with Gasteiger partial charge in [0, 0.05) is 25.1 Å². The summed E-state index contributed by atoms with van der Waals surface area (Å²) in [6.07, 6.45) is 2.33. The summed E-state index contributed by atoms with van der Waals surface area (Å²) >= 11 is 0. The Hall–Kier alpha value is -0.570. The topological polar surface area (TPSA) is 21.3 Å². The van der Waals surface area contributed by atoms with Crippen LogP contribution in [0, 0.1) is 0 Å². The van der Waals surface area contributed by atoms with Crippen LogP contribution in [0.2, 0.25) is 0 Å². The molecule has 3 heteroatoms. The van der Waals surface area contributed by atoms with Crippen molar-refractivity contribution in [1.82, 2.24) is 5.32 Å². The molecular formula is C7H10FNO. The molecule has 0 amide bonds. The summed E-state index contributed by atoms with van der Waals surface area (Å²) in [7, 11) is 0. The van der Waals surface area contributed by atoms with Crippen molar-refractivity contribution in [2.24, 2.45) is 0 Å². The maximum absolute atomic E-state index is 13.4. The molecule has 0 unspecified atom stereocenters. The lowest BCUT2D eigenvalue weighted by Crippen LogP contribution is -2.57. The summed E-state index contributed by atoms with van der Waals surface area (Å²) in [5.74, 6) is 0. The van der Waals surface area contributed by atoms with Gasteiger partial charge in [-0.05, 0) is 0 Å². The fourth-order valence-electron chi connectivity index (χ4n) is 1.29. The van der Waals surface area contributed by atoms with E-state index in [9.17, 15) is 4.39 Å². The van der Waals surface area contributed by atoms with Crippen molar-refractivity contribution in [3.63, 3.8) is 0 Å². The van der Waals surface area contributed by atoms with Crippen LogP contribution in [0.15, 0.2) is 11.8 Å². The minimum Gasteiger partial charge on any atom is -0.501 e. The van der Waals surface area contributed by atoms with Crippen LogP contribution in [0.25, 0.3) is 0 Å². The van der Waals surface area contributed by atoms with Crippen molar-refractivity contribution in [2.45, 2.75) is 12.1 Å². The van der Waals surface area contributed by atoms with Crippen LogP contribution in [-0.2, 0) is 4.74 Å². The predicted octanol–water partition coefficient (Wildman–Crippen LogP) is 0.602. The monoisotopic (exact) mass is 143 g/mol. The first-order valence-corrected chi connectivity index (χ1v) is 3.52. The summed E-state index contributed by atoms with van der Waals surface area (Å²) in [6, 6.07) is 0. The summed E-state index contributed by atoms with van der Waals surface area (Å²) in [6.45, 7) is 1.57. The van der Waals surface area contributed by atoms with E-state index in [1.807, 2.05) is 0 Å². The molecule has 2 aliphatic rings. The first-order valence-electron chi connectivity index (χ1n) is 3.52. The lowest BCUT2D eigenvalue weighted by Gasteiger charge is -2.35. The quantitative estimate of drug-likeness (QED) is 0.580. The molecule has 1 fully saturated rings. The Labute approximate surface area is 59.1 Å². The second-order valence-electron chi connectivity index (χ2n) is 2.83. The van der Waals surface area contributed by atoms with Gasteiger partial charge in [0.25, 0.3) is 0 Å². The Kier molecular flexibility index (Phi) is 1.20. The van der Waals surface area contributed by atoms with Crippen LogP contribution in [0.3, 0.4) is 0 Å². The molecule has 1 saturated heterocycles. The van der Waals surface area contributed by atoms with Gasteiger partial charge in [0.15, 0.2) is 5.67 Å². The minimum absolute atomic E-state index is 0.461. The molecule has 2 rings (SSSR count). The zero-order valence-corrected chi connectivity index (χ0v) is 5.69. The molecule has 1 N–H and O–H groups in total. The number of hydrogen-bond donors (Lipinski definition) is 1. The van der Waals surface area contributed by atoms with Crippen molar-refractivity contribution in [3.8, 4) is 0 Å². The summed E-state index contributed by atoms with van der Waals surface area (Å²) in [4.78, 5) is 0. The maximum Gasteiger partial charge on any atom is 0.160 e. The molecular weight excluding hydrogens is 133 g/mol. The van der Waals surface area contributed by atoms with Gasteiger partial charge >= 0.3 is 0 Å². The molecule has 0 aromatic carbocycles. The highest BCUT2D eigenvalue weighted by Gasteiger charge is 2.41. The van der Waals surface area contributed by atoms with Gasteiger partial charge in [-0.3, -0.25) is 0 Å². The number of rotatable bonds is 1. The zero-order valence-electron chi connectivity index (χ0n) is 5.69. The smallest absolute Gasteiger partial charge is 0.160 e. The highest BCUT2D eigenvalue weighted by atomic mass is 19.1. The van der Waals surface area contributed by atoms with E-state index in [-0.39, 0.29) is 0 Å². The van der Waals surface area contributed by atoms with Crippen LogP contribution >= 0.6 is 0 Å². The summed E-state index contributed by atoms with van der Waals surface area (Å²) in [5, 5.41) is 2.91. The van der Waals surface area contributed by atoms with Crippen LogP contribution in [0.5, 0.6) is 0 Å². The second-order valence-corrected chi connectivity index (χ2v) is 2.83. The fourth-order valence-corrected chi connectivity index (χ4v) is 1.29. The lowest BCUT2D eigenvalue weighted by atomic mass is 9.89. The summed E-state index contributed by atoms with van der Waals surface area (Å²) < 4.78 is 18.3. The average Bonchev–Trinajstić information content (AvgIpc) is 2.33. The number of ether oxygens (including phenoxy) is 1. The van der Waals surface area contributed by atoms with Crippen molar-refractivity contribution >= 4 is 0 Å². The highest BCUT2D eigenvalue weighted by molar-refractivity contribution is 5.23. The van der Waals surface area contributed by atoms with E-state index in [1.54, 1.807) is 6.26 Å². The number of alkyl halides is 1. The first-order chi connectivity index (χ1) is 4.81. The summed E-state index contributed by atoms with van der Waals surface area (Å²) in [5.41, 5.74) is -0.248. The second kappa shape index (κ2) is 1.95. The molecule has 0 aromatic heterocycles. The largest absolute Gasteiger partial charge is 0.501 e. The van der Waals surface area contributed by atoms with Gasteiger partial charge in [0.05, 0.1) is 12.9 Å². The van der Waals surface area contributed by atoms with Gasteiger partial charge < -0.3 is 10.1 Å². The van der Waals surface area contributed by atoms with Crippen LogP contribution in [-0.4, -0.2) is 25.4 Å². The van der Waals surface area contributed by atoms with E-state index < -0.39 is 5.67 Å². The molecule has 0 atom stereocenters. The van der Waals surface area contributed by atoms with Crippen molar-refractivity contribution in [1.29, 1.82) is 0 Å². The first kappa shape index (κ1) is 6.16. The minimum atomic E-state index is -1.07. The van der Waals surface area contributed by atoms with E-state index in [0.29, 0.717) is 19.7 Å². The van der Waals surface area contributed by atoms with E-state index in [2.05, 4.69) is 5.32 Å². The van der Waals surface area contributed by atoms with Gasteiger partial charge in [-0.1, -0.05) is 0 Å². The third-order valence-corrected chi connectivity index (χ3v) is 2.10. The molecule has 56 valence electrons. The molecule has 0 bridgehead atoms. The third kappa shape index (κ3) is 0.736.